The lowest BCUT2D eigenvalue weighted by molar-refractivity contribution is -0.385. The summed E-state index contributed by atoms with van der Waals surface area (Å²) in [5.41, 5.74) is -0.180. The van der Waals surface area contributed by atoms with E-state index >= 15 is 0 Å². The molecule has 27 heavy (non-hydrogen) atoms. The monoisotopic (exact) mass is 364 g/mol. The van der Waals surface area contributed by atoms with E-state index in [1.165, 1.54) is 6.33 Å². The van der Waals surface area contributed by atoms with Crippen LogP contribution in [0, 0.1) is 16.0 Å². The number of hydrogen-bond donors (Lipinski definition) is 0. The van der Waals surface area contributed by atoms with Gasteiger partial charge in [-0.25, -0.2) is 4.98 Å². The Labute approximate surface area is 156 Å². The number of ether oxygens (including phenoxy) is 1. The molecule has 1 fully saturated rings. The minimum Gasteiger partial charge on any atom is -0.434 e. The molecule has 0 N–H and O–H groups in total. The maximum absolute atomic E-state index is 11.8. The maximum Gasteiger partial charge on any atom is 0.373 e. The third kappa shape index (κ3) is 3.53. The third-order valence-corrected chi connectivity index (χ3v) is 4.97. The molecule has 1 saturated heterocycles. The molecular weight excluding hydrogens is 344 g/mol. The Morgan fingerprint density at radius 3 is 2.59 bits per heavy atom. The van der Waals surface area contributed by atoms with Crippen LogP contribution in [0.2, 0.25) is 0 Å². The Kier molecular flexibility index (Phi) is 4.58. The molecule has 0 unspecified atom stereocenters. The average Bonchev–Trinajstić information content (AvgIpc) is 2.68. The highest BCUT2D eigenvalue weighted by molar-refractivity contribution is 5.83. The minimum absolute atomic E-state index is 0.0288. The van der Waals surface area contributed by atoms with Crippen LogP contribution >= 0.6 is 0 Å². The largest absolute Gasteiger partial charge is 0.434 e. The van der Waals surface area contributed by atoms with Gasteiger partial charge in [0, 0.05) is 13.1 Å². The first-order chi connectivity index (χ1) is 13.1. The summed E-state index contributed by atoms with van der Waals surface area (Å²) in [5.74, 6) is 1.43. The van der Waals surface area contributed by atoms with Gasteiger partial charge >= 0.3 is 11.6 Å². The fourth-order valence-electron chi connectivity index (χ4n) is 3.38. The molecule has 7 heteroatoms. The van der Waals surface area contributed by atoms with Crippen molar-refractivity contribution in [3.8, 4) is 11.6 Å². The maximum atomic E-state index is 11.8. The molecule has 1 aliphatic rings. The van der Waals surface area contributed by atoms with Crippen LogP contribution in [-0.4, -0.2) is 28.0 Å². The molecule has 1 aliphatic heterocycles. The first-order valence-corrected chi connectivity index (χ1v) is 9.03. The Balaban J connectivity index is 1.69. The summed E-state index contributed by atoms with van der Waals surface area (Å²) in [6.45, 7) is 3.68. The van der Waals surface area contributed by atoms with Crippen LogP contribution in [0.4, 0.5) is 11.5 Å². The van der Waals surface area contributed by atoms with Crippen molar-refractivity contribution in [2.75, 3.05) is 18.0 Å². The van der Waals surface area contributed by atoms with Crippen molar-refractivity contribution in [1.29, 1.82) is 0 Å². The van der Waals surface area contributed by atoms with Crippen molar-refractivity contribution >= 4 is 22.3 Å². The molecule has 0 spiro atoms. The van der Waals surface area contributed by atoms with Crippen LogP contribution in [0.1, 0.15) is 19.8 Å². The van der Waals surface area contributed by atoms with Crippen molar-refractivity contribution in [2.45, 2.75) is 19.8 Å². The van der Waals surface area contributed by atoms with Crippen molar-refractivity contribution in [3.05, 3.63) is 58.9 Å². The van der Waals surface area contributed by atoms with Crippen LogP contribution in [0.3, 0.4) is 0 Å². The first kappa shape index (κ1) is 17.2. The number of rotatable bonds is 4. The van der Waals surface area contributed by atoms with Gasteiger partial charge in [0.15, 0.2) is 0 Å². The second-order valence-corrected chi connectivity index (χ2v) is 6.89. The number of benzene rings is 2. The van der Waals surface area contributed by atoms with E-state index in [1.807, 2.05) is 41.3 Å². The van der Waals surface area contributed by atoms with Crippen LogP contribution in [0.25, 0.3) is 10.8 Å². The number of anilines is 1. The van der Waals surface area contributed by atoms with E-state index in [4.69, 9.17) is 4.74 Å². The predicted molar refractivity (Wildman–Crippen MR) is 103 cm³/mol. The van der Waals surface area contributed by atoms with E-state index in [2.05, 4.69) is 16.9 Å². The van der Waals surface area contributed by atoms with Crippen molar-refractivity contribution in [1.82, 2.24) is 9.97 Å². The molecule has 1 aromatic heterocycles. The second-order valence-electron chi connectivity index (χ2n) is 6.89. The molecule has 0 bridgehead atoms. The van der Waals surface area contributed by atoms with Crippen LogP contribution in [0.5, 0.6) is 11.6 Å². The summed E-state index contributed by atoms with van der Waals surface area (Å²) < 4.78 is 5.81. The lowest BCUT2D eigenvalue weighted by Gasteiger charge is -2.30. The molecular formula is C20H20N4O3. The number of hydrogen-bond acceptors (Lipinski definition) is 6. The molecule has 0 atom stereocenters. The highest BCUT2D eigenvalue weighted by Gasteiger charge is 2.30. The molecule has 0 aliphatic carbocycles. The van der Waals surface area contributed by atoms with Gasteiger partial charge in [0.25, 0.3) is 0 Å². The molecule has 2 heterocycles. The molecule has 0 radical (unpaired) electrons. The number of fused-ring (bicyclic) bond motifs is 1. The number of nitro groups is 1. The minimum atomic E-state index is -0.455. The number of piperidine rings is 1. The van der Waals surface area contributed by atoms with E-state index in [1.54, 1.807) is 6.07 Å². The van der Waals surface area contributed by atoms with Gasteiger partial charge in [-0.2, -0.15) is 4.98 Å². The molecule has 138 valence electrons. The number of aromatic nitrogens is 2. The standard InChI is InChI=1S/C20H20N4O3/c1-14-8-10-23(11-9-14)19-18(24(25)26)20(22-13-21-19)27-17-7-6-15-4-2-3-5-16(15)12-17/h2-7,12-14H,8-11H2,1H3. The third-order valence-electron chi connectivity index (χ3n) is 4.97. The fourth-order valence-corrected chi connectivity index (χ4v) is 3.38. The van der Waals surface area contributed by atoms with Crippen LogP contribution in [0.15, 0.2) is 48.8 Å². The van der Waals surface area contributed by atoms with Crippen molar-refractivity contribution in [3.63, 3.8) is 0 Å². The van der Waals surface area contributed by atoms with Gasteiger partial charge in [-0.3, -0.25) is 10.1 Å². The van der Waals surface area contributed by atoms with E-state index in [9.17, 15) is 10.1 Å². The van der Waals surface area contributed by atoms with Gasteiger partial charge < -0.3 is 9.64 Å². The summed E-state index contributed by atoms with van der Waals surface area (Å²) in [6, 6.07) is 13.4. The normalized spacial score (nSPS) is 15.1. The molecule has 0 saturated carbocycles. The fraction of sp³-hybridized carbons (Fsp3) is 0.300. The lowest BCUT2D eigenvalue weighted by Crippen LogP contribution is -2.34. The summed E-state index contributed by atoms with van der Waals surface area (Å²) in [6.07, 6.45) is 3.31. The summed E-state index contributed by atoms with van der Waals surface area (Å²) in [7, 11) is 0. The van der Waals surface area contributed by atoms with E-state index < -0.39 is 4.92 Å². The van der Waals surface area contributed by atoms with E-state index in [0.29, 0.717) is 17.5 Å². The van der Waals surface area contributed by atoms with E-state index in [0.717, 1.165) is 36.7 Å². The zero-order valence-corrected chi connectivity index (χ0v) is 15.0. The quantitative estimate of drug-likeness (QED) is 0.498. The highest BCUT2D eigenvalue weighted by atomic mass is 16.6. The Morgan fingerprint density at radius 1 is 1.11 bits per heavy atom. The Bertz CT molecular complexity index is 984. The molecule has 3 aromatic rings. The summed E-state index contributed by atoms with van der Waals surface area (Å²) in [4.78, 5) is 21.5. The Hall–Kier alpha value is -3.22. The zero-order valence-electron chi connectivity index (χ0n) is 15.0. The van der Waals surface area contributed by atoms with Gasteiger partial charge in [-0.15, -0.1) is 0 Å². The smallest absolute Gasteiger partial charge is 0.373 e. The highest BCUT2D eigenvalue weighted by Crippen LogP contribution is 2.37. The van der Waals surface area contributed by atoms with Gasteiger partial charge in [0.1, 0.15) is 12.1 Å². The van der Waals surface area contributed by atoms with Crippen LogP contribution < -0.4 is 9.64 Å². The molecule has 7 nitrogen and oxygen atoms in total. The average molecular weight is 364 g/mol. The van der Waals surface area contributed by atoms with Gasteiger partial charge in [-0.05, 0) is 41.7 Å². The number of nitrogens with zero attached hydrogens (tertiary/aromatic N) is 4. The SMILES string of the molecule is CC1CCN(c2ncnc(Oc3ccc4ccccc4c3)c2[N+](=O)[O-])CC1. The molecule has 4 rings (SSSR count). The predicted octanol–water partition coefficient (Wildman–Crippen LogP) is 4.57. The summed E-state index contributed by atoms with van der Waals surface area (Å²) >= 11 is 0. The van der Waals surface area contributed by atoms with Crippen molar-refractivity contribution < 1.29 is 9.66 Å². The zero-order chi connectivity index (χ0) is 18.8. The topological polar surface area (TPSA) is 81.4 Å². The lowest BCUT2D eigenvalue weighted by atomic mass is 9.99. The second kappa shape index (κ2) is 7.19. The first-order valence-electron chi connectivity index (χ1n) is 9.03. The van der Waals surface area contributed by atoms with Crippen LogP contribution in [-0.2, 0) is 0 Å². The Morgan fingerprint density at radius 2 is 1.85 bits per heavy atom. The van der Waals surface area contributed by atoms with Gasteiger partial charge in [-0.1, -0.05) is 37.3 Å². The van der Waals surface area contributed by atoms with Crippen molar-refractivity contribution in [2.24, 2.45) is 5.92 Å². The van der Waals surface area contributed by atoms with Gasteiger partial charge in [0.2, 0.25) is 5.82 Å². The van der Waals surface area contributed by atoms with E-state index in [-0.39, 0.29) is 11.6 Å². The summed E-state index contributed by atoms with van der Waals surface area (Å²) in [5, 5.41) is 13.8. The molecule has 2 aromatic carbocycles. The molecule has 0 amide bonds. The van der Waals surface area contributed by atoms with Gasteiger partial charge in [0.05, 0.1) is 4.92 Å².